The van der Waals surface area contributed by atoms with Crippen LogP contribution in [0.15, 0.2) is 48.5 Å². The van der Waals surface area contributed by atoms with Gasteiger partial charge in [0.1, 0.15) is 0 Å². The van der Waals surface area contributed by atoms with Crippen LogP contribution < -0.4 is 16.0 Å². The summed E-state index contributed by atoms with van der Waals surface area (Å²) >= 11 is 0. The van der Waals surface area contributed by atoms with E-state index in [9.17, 15) is 4.79 Å². The third-order valence-electron chi connectivity index (χ3n) is 3.28. The number of nitrogens with one attached hydrogen (secondary N) is 1. The number of carbonyl (C=O) groups is 1. The van der Waals surface area contributed by atoms with Gasteiger partial charge in [0.2, 0.25) is 0 Å². The zero-order valence-corrected chi connectivity index (χ0v) is 12.5. The van der Waals surface area contributed by atoms with Crippen molar-refractivity contribution in [3.05, 3.63) is 54.1 Å². The topological polar surface area (TPSA) is 58.4 Å². The molecule has 0 unspecified atom stereocenters. The molecule has 0 atom stereocenters. The second-order valence-electron chi connectivity index (χ2n) is 4.72. The first-order valence-corrected chi connectivity index (χ1v) is 7.17. The molecule has 21 heavy (non-hydrogen) atoms. The van der Waals surface area contributed by atoms with Crippen molar-refractivity contribution >= 4 is 23.0 Å². The number of nitrogens with two attached hydrogens (primary N) is 1. The van der Waals surface area contributed by atoms with Crippen LogP contribution in [0.4, 0.5) is 17.1 Å². The van der Waals surface area contributed by atoms with Gasteiger partial charge in [-0.25, -0.2) is 0 Å². The SMILES string of the molecule is CCNC(=O)c1ccc(N)cc1N(CC)c1ccccc1. The molecule has 4 heteroatoms. The lowest BCUT2D eigenvalue weighted by Crippen LogP contribution is -2.26. The molecule has 3 N–H and O–H groups in total. The lowest BCUT2D eigenvalue weighted by atomic mass is 10.1. The Morgan fingerprint density at radius 2 is 1.86 bits per heavy atom. The Labute approximate surface area is 125 Å². The molecule has 2 aromatic carbocycles. The Balaban J connectivity index is 2.49. The average molecular weight is 283 g/mol. The summed E-state index contributed by atoms with van der Waals surface area (Å²) in [4.78, 5) is 14.3. The highest BCUT2D eigenvalue weighted by molar-refractivity contribution is 6.01. The third kappa shape index (κ3) is 3.34. The number of nitrogens with zero attached hydrogens (tertiary/aromatic N) is 1. The maximum absolute atomic E-state index is 12.2. The van der Waals surface area contributed by atoms with E-state index < -0.39 is 0 Å². The standard InChI is InChI=1S/C17H21N3O/c1-3-19-17(21)15-11-10-13(18)12-16(15)20(4-2)14-8-6-5-7-9-14/h5-12H,3-4,18H2,1-2H3,(H,19,21). The molecular weight excluding hydrogens is 262 g/mol. The molecule has 0 aliphatic carbocycles. The van der Waals surface area contributed by atoms with Gasteiger partial charge in [-0.2, -0.15) is 0 Å². The highest BCUT2D eigenvalue weighted by atomic mass is 16.1. The lowest BCUT2D eigenvalue weighted by Gasteiger charge is -2.26. The summed E-state index contributed by atoms with van der Waals surface area (Å²) in [5.74, 6) is -0.0816. The van der Waals surface area contributed by atoms with Gasteiger partial charge in [0, 0.05) is 24.5 Å². The van der Waals surface area contributed by atoms with Gasteiger partial charge in [0.05, 0.1) is 11.3 Å². The largest absolute Gasteiger partial charge is 0.399 e. The van der Waals surface area contributed by atoms with Crippen LogP contribution in [0.3, 0.4) is 0 Å². The summed E-state index contributed by atoms with van der Waals surface area (Å²) in [5, 5.41) is 2.85. The van der Waals surface area contributed by atoms with Crippen molar-refractivity contribution in [3.8, 4) is 0 Å². The van der Waals surface area contributed by atoms with Gasteiger partial charge in [-0.15, -0.1) is 0 Å². The van der Waals surface area contributed by atoms with Crippen molar-refractivity contribution < 1.29 is 4.79 Å². The van der Waals surface area contributed by atoms with Gasteiger partial charge in [0.25, 0.3) is 5.91 Å². The van der Waals surface area contributed by atoms with Crippen LogP contribution in [0.1, 0.15) is 24.2 Å². The minimum Gasteiger partial charge on any atom is -0.399 e. The van der Waals surface area contributed by atoms with E-state index in [1.807, 2.05) is 43.3 Å². The van der Waals surface area contributed by atoms with Crippen molar-refractivity contribution in [2.75, 3.05) is 23.7 Å². The zero-order chi connectivity index (χ0) is 15.2. The van der Waals surface area contributed by atoms with Crippen molar-refractivity contribution in [2.24, 2.45) is 0 Å². The maximum atomic E-state index is 12.2. The van der Waals surface area contributed by atoms with E-state index in [4.69, 9.17) is 5.73 Å². The molecule has 0 bridgehead atoms. The van der Waals surface area contributed by atoms with Gasteiger partial charge in [-0.05, 0) is 44.2 Å². The molecule has 2 aromatic rings. The Hall–Kier alpha value is -2.49. The molecule has 0 saturated carbocycles. The Bertz CT molecular complexity index is 611. The highest BCUT2D eigenvalue weighted by Crippen LogP contribution is 2.30. The summed E-state index contributed by atoms with van der Waals surface area (Å²) in [6.07, 6.45) is 0. The summed E-state index contributed by atoms with van der Waals surface area (Å²) < 4.78 is 0. The third-order valence-corrected chi connectivity index (χ3v) is 3.28. The molecule has 0 fully saturated rings. The normalized spacial score (nSPS) is 10.2. The highest BCUT2D eigenvalue weighted by Gasteiger charge is 2.16. The Morgan fingerprint density at radius 1 is 1.14 bits per heavy atom. The van der Waals surface area contributed by atoms with Gasteiger partial charge in [0.15, 0.2) is 0 Å². The van der Waals surface area contributed by atoms with Gasteiger partial charge in [-0.1, -0.05) is 18.2 Å². The molecular formula is C17H21N3O. The number of rotatable bonds is 5. The van der Waals surface area contributed by atoms with Crippen molar-refractivity contribution in [3.63, 3.8) is 0 Å². The first kappa shape index (κ1) is 14.9. The van der Waals surface area contributed by atoms with E-state index >= 15 is 0 Å². The summed E-state index contributed by atoms with van der Waals surface area (Å²) in [7, 11) is 0. The van der Waals surface area contributed by atoms with E-state index in [0.29, 0.717) is 17.8 Å². The van der Waals surface area contributed by atoms with Crippen molar-refractivity contribution in [2.45, 2.75) is 13.8 Å². The minimum atomic E-state index is -0.0816. The Morgan fingerprint density at radius 3 is 2.48 bits per heavy atom. The number of nitrogen functional groups attached to an aromatic ring is 1. The minimum absolute atomic E-state index is 0.0816. The fourth-order valence-electron chi connectivity index (χ4n) is 2.32. The van der Waals surface area contributed by atoms with E-state index in [-0.39, 0.29) is 5.91 Å². The number of anilines is 3. The predicted octanol–water partition coefficient (Wildman–Crippen LogP) is 3.18. The second kappa shape index (κ2) is 6.79. The molecule has 1 amide bonds. The molecule has 4 nitrogen and oxygen atoms in total. The molecule has 0 aliphatic heterocycles. The van der Waals surface area contributed by atoms with Crippen molar-refractivity contribution in [1.29, 1.82) is 0 Å². The van der Waals surface area contributed by atoms with Gasteiger partial charge in [-0.3, -0.25) is 4.79 Å². The first-order chi connectivity index (χ1) is 10.2. The summed E-state index contributed by atoms with van der Waals surface area (Å²) in [5.41, 5.74) is 9.06. The van der Waals surface area contributed by atoms with Crippen LogP contribution >= 0.6 is 0 Å². The Kier molecular flexibility index (Phi) is 4.82. The van der Waals surface area contributed by atoms with Crippen LogP contribution in [0.25, 0.3) is 0 Å². The maximum Gasteiger partial charge on any atom is 0.253 e. The van der Waals surface area contributed by atoms with Crippen LogP contribution in [-0.2, 0) is 0 Å². The molecule has 0 aromatic heterocycles. The van der Waals surface area contributed by atoms with Gasteiger partial charge < -0.3 is 16.0 Å². The molecule has 0 spiro atoms. The van der Waals surface area contributed by atoms with E-state index in [1.54, 1.807) is 12.1 Å². The van der Waals surface area contributed by atoms with Crippen LogP contribution in [0, 0.1) is 0 Å². The molecule has 0 saturated heterocycles. The lowest BCUT2D eigenvalue weighted by molar-refractivity contribution is 0.0956. The average Bonchev–Trinajstić information content (AvgIpc) is 2.49. The second-order valence-corrected chi connectivity index (χ2v) is 4.72. The van der Waals surface area contributed by atoms with E-state index in [0.717, 1.165) is 17.9 Å². The number of para-hydroxylation sites is 1. The molecule has 110 valence electrons. The molecule has 0 heterocycles. The quantitative estimate of drug-likeness (QED) is 0.829. The van der Waals surface area contributed by atoms with Crippen LogP contribution in [0.2, 0.25) is 0 Å². The van der Waals surface area contributed by atoms with Crippen LogP contribution in [0.5, 0.6) is 0 Å². The predicted molar refractivity (Wildman–Crippen MR) is 88.0 cm³/mol. The number of carbonyl (C=O) groups excluding carboxylic acids is 1. The number of amides is 1. The van der Waals surface area contributed by atoms with E-state index in [1.165, 1.54) is 0 Å². The fourth-order valence-corrected chi connectivity index (χ4v) is 2.32. The van der Waals surface area contributed by atoms with Crippen molar-refractivity contribution in [1.82, 2.24) is 5.32 Å². The summed E-state index contributed by atoms with van der Waals surface area (Å²) in [6, 6.07) is 15.4. The van der Waals surface area contributed by atoms with Gasteiger partial charge >= 0.3 is 0 Å². The monoisotopic (exact) mass is 283 g/mol. The van der Waals surface area contributed by atoms with E-state index in [2.05, 4.69) is 17.1 Å². The molecule has 0 radical (unpaired) electrons. The summed E-state index contributed by atoms with van der Waals surface area (Å²) in [6.45, 7) is 5.31. The fraction of sp³-hybridized carbons (Fsp3) is 0.235. The molecule has 2 rings (SSSR count). The number of hydrogen-bond acceptors (Lipinski definition) is 3. The van der Waals surface area contributed by atoms with Crippen LogP contribution in [-0.4, -0.2) is 19.0 Å². The molecule has 0 aliphatic rings. The first-order valence-electron chi connectivity index (χ1n) is 7.17. The number of benzene rings is 2. The smallest absolute Gasteiger partial charge is 0.253 e. The zero-order valence-electron chi connectivity index (χ0n) is 12.5. The number of hydrogen-bond donors (Lipinski definition) is 2.